The van der Waals surface area contributed by atoms with Gasteiger partial charge in [-0.2, -0.15) is 13.2 Å². The molecule has 0 aromatic heterocycles. The van der Waals surface area contributed by atoms with E-state index in [1.807, 2.05) is 0 Å². The Hall–Kier alpha value is -2.58. The summed E-state index contributed by atoms with van der Waals surface area (Å²) in [6, 6.07) is 10.9. The van der Waals surface area contributed by atoms with Crippen molar-refractivity contribution in [1.82, 2.24) is 5.32 Å². The van der Waals surface area contributed by atoms with E-state index < -0.39 is 23.2 Å². The number of ether oxygens (including phenoxy) is 1. The van der Waals surface area contributed by atoms with Gasteiger partial charge >= 0.3 is 6.18 Å². The zero-order valence-electron chi connectivity index (χ0n) is 14.3. The van der Waals surface area contributed by atoms with Crippen molar-refractivity contribution in [3.05, 3.63) is 54.1 Å². The van der Waals surface area contributed by atoms with Crippen molar-refractivity contribution in [2.75, 3.05) is 18.4 Å². The lowest BCUT2D eigenvalue weighted by atomic mass is 9.91. The van der Waals surface area contributed by atoms with Crippen LogP contribution in [0.5, 0.6) is 11.5 Å². The third-order valence-electron chi connectivity index (χ3n) is 4.39. The number of para-hydroxylation sites is 1. The summed E-state index contributed by atoms with van der Waals surface area (Å²) >= 11 is 0. The van der Waals surface area contributed by atoms with Gasteiger partial charge in [0.1, 0.15) is 17.1 Å². The van der Waals surface area contributed by atoms with E-state index in [1.165, 1.54) is 42.5 Å². The number of halogens is 3. The fourth-order valence-corrected chi connectivity index (χ4v) is 2.84. The minimum Gasteiger partial charge on any atom is -0.457 e. The number of carbonyl (C=O) groups excluding carboxylic acids is 1. The summed E-state index contributed by atoms with van der Waals surface area (Å²) in [6.45, 7) is 1.10. The molecule has 2 aromatic rings. The van der Waals surface area contributed by atoms with E-state index in [2.05, 4.69) is 10.6 Å². The number of aliphatic hydroxyl groups is 1. The van der Waals surface area contributed by atoms with Gasteiger partial charge in [0, 0.05) is 5.69 Å². The Labute approximate surface area is 154 Å². The molecular weight excluding hydrogens is 361 g/mol. The van der Waals surface area contributed by atoms with Crippen LogP contribution >= 0.6 is 0 Å². The molecule has 8 heteroatoms. The van der Waals surface area contributed by atoms with Crippen LogP contribution in [-0.2, 0) is 11.0 Å². The maximum atomic E-state index is 13.0. The van der Waals surface area contributed by atoms with Crippen molar-refractivity contribution in [2.45, 2.75) is 24.6 Å². The minimum atomic E-state index is -4.52. The molecule has 3 N–H and O–H groups in total. The van der Waals surface area contributed by atoms with E-state index in [1.54, 1.807) is 0 Å². The standard InChI is InChI=1S/C19H19F3N2O3/c20-19(21,22)15-3-1-2-4-16(15)27-14-7-5-13(6-8-14)24-17(25)18(26)9-11-23-12-10-18/h1-8,23,26H,9-12H2,(H,24,25). The van der Waals surface area contributed by atoms with Crippen molar-refractivity contribution in [3.8, 4) is 11.5 Å². The summed E-state index contributed by atoms with van der Waals surface area (Å²) in [5.41, 5.74) is -1.87. The van der Waals surface area contributed by atoms with Gasteiger partial charge in [0.25, 0.3) is 5.91 Å². The van der Waals surface area contributed by atoms with Gasteiger partial charge in [-0.25, -0.2) is 0 Å². The molecular formula is C19H19F3N2O3. The summed E-state index contributed by atoms with van der Waals surface area (Å²) in [6.07, 6.45) is -3.89. The fourth-order valence-electron chi connectivity index (χ4n) is 2.84. The fraction of sp³-hybridized carbons (Fsp3) is 0.316. The molecule has 0 aliphatic carbocycles. The second kappa shape index (κ2) is 7.58. The van der Waals surface area contributed by atoms with Crippen LogP contribution in [0, 0.1) is 0 Å². The van der Waals surface area contributed by atoms with E-state index >= 15 is 0 Å². The monoisotopic (exact) mass is 380 g/mol. The van der Waals surface area contributed by atoms with Gasteiger partial charge in [0.15, 0.2) is 0 Å². The van der Waals surface area contributed by atoms with Gasteiger partial charge in [-0.15, -0.1) is 0 Å². The van der Waals surface area contributed by atoms with Crippen LogP contribution in [0.1, 0.15) is 18.4 Å². The topological polar surface area (TPSA) is 70.6 Å². The summed E-state index contributed by atoms with van der Waals surface area (Å²) in [4.78, 5) is 12.3. The normalized spacial score (nSPS) is 16.6. The minimum absolute atomic E-state index is 0.199. The Kier molecular flexibility index (Phi) is 5.38. The lowest BCUT2D eigenvalue weighted by Crippen LogP contribution is -2.50. The van der Waals surface area contributed by atoms with Crippen LogP contribution in [0.3, 0.4) is 0 Å². The first-order chi connectivity index (χ1) is 12.8. The molecule has 0 atom stereocenters. The zero-order valence-corrected chi connectivity index (χ0v) is 14.3. The maximum Gasteiger partial charge on any atom is 0.419 e. The number of hydrogen-bond donors (Lipinski definition) is 3. The Balaban J connectivity index is 1.69. The van der Waals surface area contributed by atoms with Crippen molar-refractivity contribution in [3.63, 3.8) is 0 Å². The van der Waals surface area contributed by atoms with Crippen molar-refractivity contribution < 1.29 is 27.8 Å². The molecule has 0 spiro atoms. The van der Waals surface area contributed by atoms with E-state index in [0.29, 0.717) is 31.6 Å². The van der Waals surface area contributed by atoms with Gasteiger partial charge in [-0.1, -0.05) is 12.1 Å². The highest BCUT2D eigenvalue weighted by molar-refractivity contribution is 5.97. The highest BCUT2D eigenvalue weighted by Gasteiger charge is 2.37. The molecule has 1 amide bonds. The van der Waals surface area contributed by atoms with Crippen LogP contribution in [0.15, 0.2) is 48.5 Å². The largest absolute Gasteiger partial charge is 0.457 e. The third-order valence-corrected chi connectivity index (χ3v) is 4.39. The number of hydrogen-bond acceptors (Lipinski definition) is 4. The van der Waals surface area contributed by atoms with Gasteiger partial charge in [-0.3, -0.25) is 4.79 Å². The molecule has 0 unspecified atom stereocenters. The van der Waals surface area contributed by atoms with Gasteiger partial charge in [0.05, 0.1) is 5.56 Å². The smallest absolute Gasteiger partial charge is 0.419 e. The van der Waals surface area contributed by atoms with Crippen LogP contribution in [0.25, 0.3) is 0 Å². The van der Waals surface area contributed by atoms with Crippen molar-refractivity contribution >= 4 is 11.6 Å². The second-order valence-corrected chi connectivity index (χ2v) is 6.36. The molecule has 0 bridgehead atoms. The van der Waals surface area contributed by atoms with E-state index in [9.17, 15) is 23.1 Å². The Morgan fingerprint density at radius 1 is 1.07 bits per heavy atom. The van der Waals surface area contributed by atoms with Gasteiger partial charge in [0.2, 0.25) is 0 Å². The predicted molar refractivity (Wildman–Crippen MR) is 93.6 cm³/mol. The lowest BCUT2D eigenvalue weighted by molar-refractivity contribution is -0.138. The number of piperidine rings is 1. The quantitative estimate of drug-likeness (QED) is 0.759. The summed E-state index contributed by atoms with van der Waals surface area (Å²) < 4.78 is 44.4. The first kappa shape index (κ1) is 19.2. The van der Waals surface area contributed by atoms with Crippen molar-refractivity contribution in [1.29, 1.82) is 0 Å². The van der Waals surface area contributed by atoms with Crippen LogP contribution < -0.4 is 15.4 Å². The molecule has 0 saturated carbocycles. The van der Waals surface area contributed by atoms with E-state index in [-0.39, 0.29) is 11.5 Å². The number of nitrogens with one attached hydrogen (secondary N) is 2. The third kappa shape index (κ3) is 4.58. The first-order valence-corrected chi connectivity index (χ1v) is 8.47. The Bertz CT molecular complexity index is 801. The number of benzene rings is 2. The summed E-state index contributed by atoms with van der Waals surface area (Å²) in [5, 5.41) is 16.1. The number of anilines is 1. The number of amides is 1. The van der Waals surface area contributed by atoms with Crippen LogP contribution in [0.2, 0.25) is 0 Å². The molecule has 1 heterocycles. The predicted octanol–water partition coefficient (Wildman–Crippen LogP) is 3.55. The Morgan fingerprint density at radius 2 is 1.70 bits per heavy atom. The molecule has 1 aliphatic heterocycles. The molecule has 0 radical (unpaired) electrons. The molecule has 27 heavy (non-hydrogen) atoms. The van der Waals surface area contributed by atoms with E-state index in [0.717, 1.165) is 6.07 Å². The van der Waals surface area contributed by atoms with Gasteiger partial charge in [-0.05, 0) is 62.3 Å². The van der Waals surface area contributed by atoms with Crippen LogP contribution in [-0.4, -0.2) is 29.7 Å². The molecule has 1 saturated heterocycles. The summed E-state index contributed by atoms with van der Waals surface area (Å²) in [5.74, 6) is -0.601. The number of alkyl halides is 3. The SMILES string of the molecule is O=C(Nc1ccc(Oc2ccccc2C(F)(F)F)cc1)C1(O)CCNCC1. The number of rotatable bonds is 4. The molecule has 5 nitrogen and oxygen atoms in total. The number of carbonyl (C=O) groups is 1. The van der Waals surface area contributed by atoms with E-state index in [4.69, 9.17) is 4.74 Å². The first-order valence-electron chi connectivity index (χ1n) is 8.47. The average Bonchev–Trinajstić information content (AvgIpc) is 2.63. The van der Waals surface area contributed by atoms with Crippen LogP contribution in [0.4, 0.5) is 18.9 Å². The highest BCUT2D eigenvalue weighted by Crippen LogP contribution is 2.38. The van der Waals surface area contributed by atoms with Crippen molar-refractivity contribution in [2.24, 2.45) is 0 Å². The molecule has 1 fully saturated rings. The molecule has 3 rings (SSSR count). The molecule has 144 valence electrons. The highest BCUT2D eigenvalue weighted by atomic mass is 19.4. The zero-order chi connectivity index (χ0) is 19.5. The second-order valence-electron chi connectivity index (χ2n) is 6.36. The Morgan fingerprint density at radius 3 is 2.33 bits per heavy atom. The van der Waals surface area contributed by atoms with Gasteiger partial charge < -0.3 is 20.5 Å². The average molecular weight is 380 g/mol. The lowest BCUT2D eigenvalue weighted by Gasteiger charge is -2.31. The molecule has 1 aliphatic rings. The molecule has 2 aromatic carbocycles. The summed E-state index contributed by atoms with van der Waals surface area (Å²) in [7, 11) is 0. The maximum absolute atomic E-state index is 13.0.